The zero-order valence-electron chi connectivity index (χ0n) is 13.4. The molecule has 0 aliphatic carbocycles. The molecule has 0 radical (unpaired) electrons. The fraction of sp³-hybridized carbons (Fsp3) is 0.263. The SMILES string of the molecule is CC(=O)N[C@@H](CC(=O)OCc1ccc(C)cc1)c1ccccc1. The molecule has 0 aliphatic heterocycles. The smallest absolute Gasteiger partial charge is 0.308 e. The Morgan fingerprint density at radius 3 is 2.30 bits per heavy atom. The molecule has 2 aromatic carbocycles. The highest BCUT2D eigenvalue weighted by atomic mass is 16.5. The number of amides is 1. The van der Waals surface area contributed by atoms with Crippen molar-refractivity contribution in [3.63, 3.8) is 0 Å². The molecule has 0 saturated carbocycles. The minimum absolute atomic E-state index is 0.107. The highest BCUT2D eigenvalue weighted by molar-refractivity contribution is 5.76. The Morgan fingerprint density at radius 1 is 1.04 bits per heavy atom. The van der Waals surface area contributed by atoms with Crippen molar-refractivity contribution < 1.29 is 14.3 Å². The summed E-state index contributed by atoms with van der Waals surface area (Å²) in [5, 5.41) is 2.79. The maximum atomic E-state index is 12.1. The van der Waals surface area contributed by atoms with Crippen molar-refractivity contribution in [3.05, 3.63) is 71.3 Å². The van der Waals surface area contributed by atoms with Crippen LogP contribution < -0.4 is 5.32 Å². The molecule has 0 saturated heterocycles. The van der Waals surface area contributed by atoms with E-state index in [0.717, 1.165) is 16.7 Å². The molecule has 1 amide bonds. The Balaban J connectivity index is 1.94. The lowest BCUT2D eigenvalue weighted by Gasteiger charge is -2.17. The standard InChI is InChI=1S/C19H21NO3/c1-14-8-10-16(11-9-14)13-23-19(22)12-18(20-15(2)21)17-6-4-3-5-7-17/h3-11,18H,12-13H2,1-2H3,(H,20,21)/t18-/m0/s1. The molecule has 0 heterocycles. The Kier molecular flexibility index (Phi) is 5.92. The lowest BCUT2D eigenvalue weighted by atomic mass is 10.0. The topological polar surface area (TPSA) is 55.4 Å². The number of nitrogens with one attached hydrogen (secondary N) is 1. The molecule has 23 heavy (non-hydrogen) atoms. The molecule has 0 fully saturated rings. The van der Waals surface area contributed by atoms with E-state index in [2.05, 4.69) is 5.32 Å². The van der Waals surface area contributed by atoms with Gasteiger partial charge in [0.1, 0.15) is 6.61 Å². The zero-order chi connectivity index (χ0) is 16.7. The second kappa shape index (κ2) is 8.13. The van der Waals surface area contributed by atoms with Gasteiger partial charge in [-0.15, -0.1) is 0 Å². The predicted molar refractivity (Wildman–Crippen MR) is 88.6 cm³/mol. The summed E-state index contributed by atoms with van der Waals surface area (Å²) in [5.41, 5.74) is 2.99. The van der Waals surface area contributed by atoms with Crippen molar-refractivity contribution in [2.24, 2.45) is 0 Å². The van der Waals surface area contributed by atoms with Crippen LogP contribution in [-0.2, 0) is 20.9 Å². The predicted octanol–water partition coefficient (Wildman–Crippen LogP) is 3.31. The van der Waals surface area contributed by atoms with Crippen molar-refractivity contribution in [2.75, 3.05) is 0 Å². The fourth-order valence-corrected chi connectivity index (χ4v) is 2.26. The van der Waals surface area contributed by atoms with Gasteiger partial charge in [0.2, 0.25) is 5.91 Å². The average Bonchev–Trinajstić information content (AvgIpc) is 2.54. The Morgan fingerprint density at radius 2 is 1.70 bits per heavy atom. The van der Waals surface area contributed by atoms with Crippen molar-refractivity contribution in [1.29, 1.82) is 0 Å². The van der Waals surface area contributed by atoms with Crippen LogP contribution in [-0.4, -0.2) is 11.9 Å². The number of rotatable bonds is 6. The van der Waals surface area contributed by atoms with Crippen molar-refractivity contribution in [2.45, 2.75) is 32.9 Å². The van der Waals surface area contributed by atoms with Gasteiger partial charge < -0.3 is 10.1 Å². The molecule has 0 unspecified atom stereocenters. The van der Waals surface area contributed by atoms with Crippen molar-refractivity contribution in [1.82, 2.24) is 5.32 Å². The van der Waals surface area contributed by atoms with Crippen LogP contribution in [0.4, 0.5) is 0 Å². The first-order valence-corrected chi connectivity index (χ1v) is 7.58. The summed E-state index contributed by atoms with van der Waals surface area (Å²) in [6.45, 7) is 3.68. The lowest BCUT2D eigenvalue weighted by Crippen LogP contribution is -2.28. The molecular formula is C19H21NO3. The van der Waals surface area contributed by atoms with Gasteiger partial charge in [-0.1, -0.05) is 60.2 Å². The second-order valence-electron chi connectivity index (χ2n) is 5.51. The van der Waals surface area contributed by atoms with Crippen LogP contribution in [0.3, 0.4) is 0 Å². The number of carbonyl (C=O) groups is 2. The summed E-state index contributed by atoms with van der Waals surface area (Å²) >= 11 is 0. The molecule has 0 spiro atoms. The first-order valence-electron chi connectivity index (χ1n) is 7.58. The first kappa shape index (κ1) is 16.7. The quantitative estimate of drug-likeness (QED) is 0.833. The third-order valence-electron chi connectivity index (χ3n) is 3.47. The Labute approximate surface area is 136 Å². The fourth-order valence-electron chi connectivity index (χ4n) is 2.26. The van der Waals surface area contributed by atoms with E-state index >= 15 is 0 Å². The van der Waals surface area contributed by atoms with Gasteiger partial charge in [0.15, 0.2) is 0 Å². The number of hydrogen-bond acceptors (Lipinski definition) is 3. The highest BCUT2D eigenvalue weighted by Crippen LogP contribution is 2.17. The molecular weight excluding hydrogens is 290 g/mol. The van der Waals surface area contributed by atoms with E-state index < -0.39 is 0 Å². The Bertz CT molecular complexity index is 650. The van der Waals surface area contributed by atoms with Crippen LogP contribution in [0.2, 0.25) is 0 Å². The molecule has 0 bridgehead atoms. The van der Waals surface area contributed by atoms with Gasteiger partial charge >= 0.3 is 5.97 Å². The van der Waals surface area contributed by atoms with E-state index in [9.17, 15) is 9.59 Å². The molecule has 2 rings (SSSR count). The summed E-state index contributed by atoms with van der Waals surface area (Å²) in [7, 11) is 0. The van der Waals surface area contributed by atoms with Crippen LogP contribution in [0.5, 0.6) is 0 Å². The lowest BCUT2D eigenvalue weighted by molar-refractivity contribution is -0.145. The van der Waals surface area contributed by atoms with Crippen molar-refractivity contribution in [3.8, 4) is 0 Å². The van der Waals surface area contributed by atoms with E-state index in [4.69, 9.17) is 4.74 Å². The molecule has 120 valence electrons. The summed E-state index contributed by atoms with van der Waals surface area (Å²) < 4.78 is 5.31. The second-order valence-corrected chi connectivity index (χ2v) is 5.51. The summed E-state index contributed by atoms with van der Waals surface area (Å²) in [6, 6.07) is 16.9. The third-order valence-corrected chi connectivity index (χ3v) is 3.47. The van der Waals surface area contributed by atoms with Gasteiger partial charge in [-0.2, -0.15) is 0 Å². The van der Waals surface area contributed by atoms with Crippen LogP contribution in [0.25, 0.3) is 0 Å². The average molecular weight is 311 g/mol. The van der Waals surface area contributed by atoms with Crippen LogP contribution in [0.15, 0.2) is 54.6 Å². The van der Waals surface area contributed by atoms with Gasteiger partial charge in [-0.05, 0) is 18.1 Å². The van der Waals surface area contributed by atoms with E-state index in [1.165, 1.54) is 6.92 Å². The van der Waals surface area contributed by atoms with E-state index in [0.29, 0.717) is 0 Å². The number of hydrogen-bond donors (Lipinski definition) is 1. The van der Waals surface area contributed by atoms with E-state index in [1.54, 1.807) is 0 Å². The largest absolute Gasteiger partial charge is 0.461 e. The molecule has 1 atom stereocenters. The number of esters is 1. The van der Waals surface area contributed by atoms with Gasteiger partial charge in [-0.3, -0.25) is 9.59 Å². The Hall–Kier alpha value is -2.62. The van der Waals surface area contributed by atoms with Gasteiger partial charge in [-0.25, -0.2) is 0 Å². The molecule has 2 aromatic rings. The monoisotopic (exact) mass is 311 g/mol. The van der Waals surface area contributed by atoms with Crippen LogP contribution >= 0.6 is 0 Å². The minimum Gasteiger partial charge on any atom is -0.461 e. The summed E-state index contributed by atoms with van der Waals surface area (Å²) in [5.74, 6) is -0.515. The number of carbonyl (C=O) groups excluding carboxylic acids is 2. The maximum absolute atomic E-state index is 12.1. The summed E-state index contributed by atoms with van der Waals surface area (Å²) in [4.78, 5) is 23.4. The van der Waals surface area contributed by atoms with Gasteiger partial charge in [0, 0.05) is 6.92 Å². The molecule has 0 aromatic heterocycles. The van der Waals surface area contributed by atoms with Crippen LogP contribution in [0, 0.1) is 6.92 Å². The number of aryl methyl sites for hydroxylation is 1. The highest BCUT2D eigenvalue weighted by Gasteiger charge is 2.17. The van der Waals surface area contributed by atoms with Crippen molar-refractivity contribution >= 4 is 11.9 Å². The minimum atomic E-state index is -0.376. The third kappa shape index (κ3) is 5.58. The van der Waals surface area contributed by atoms with Crippen LogP contribution in [0.1, 0.15) is 36.1 Å². The molecule has 1 N–H and O–H groups in total. The van der Waals surface area contributed by atoms with E-state index in [1.807, 2.05) is 61.5 Å². The number of benzene rings is 2. The first-order chi connectivity index (χ1) is 11.0. The van der Waals surface area contributed by atoms with Gasteiger partial charge in [0.05, 0.1) is 12.5 Å². The molecule has 0 aliphatic rings. The maximum Gasteiger partial charge on any atom is 0.308 e. The molecule has 4 heteroatoms. The molecule has 4 nitrogen and oxygen atoms in total. The summed E-state index contributed by atoms with van der Waals surface area (Å²) in [6.07, 6.45) is 0.107. The normalized spacial score (nSPS) is 11.6. The zero-order valence-corrected chi connectivity index (χ0v) is 13.4. The number of ether oxygens (including phenoxy) is 1. The van der Waals surface area contributed by atoms with Gasteiger partial charge in [0.25, 0.3) is 0 Å². The van der Waals surface area contributed by atoms with E-state index in [-0.39, 0.29) is 30.9 Å².